The van der Waals surface area contributed by atoms with Gasteiger partial charge in [-0.15, -0.1) is 0 Å². The van der Waals surface area contributed by atoms with Crippen LogP contribution in [-0.2, 0) is 9.47 Å². The Labute approximate surface area is 164 Å². The van der Waals surface area contributed by atoms with Crippen molar-refractivity contribution in [3.8, 4) is 5.75 Å². The van der Waals surface area contributed by atoms with Gasteiger partial charge in [0, 0.05) is 37.7 Å². The molecule has 148 valence electrons. The van der Waals surface area contributed by atoms with E-state index in [1.165, 1.54) is 0 Å². The Morgan fingerprint density at radius 1 is 1.21 bits per heavy atom. The SMILES string of the molecule is CCOc1ccccc1NC(=O)c1ccnc(N2CCC3(CC2)OCCO3)c1. The molecule has 7 nitrogen and oxygen atoms in total. The molecule has 0 radical (unpaired) electrons. The van der Waals surface area contributed by atoms with E-state index in [-0.39, 0.29) is 5.91 Å². The average molecular weight is 383 g/mol. The average Bonchev–Trinajstić information content (AvgIpc) is 3.18. The predicted octanol–water partition coefficient (Wildman–Crippen LogP) is 3.08. The summed E-state index contributed by atoms with van der Waals surface area (Å²) in [6.07, 6.45) is 3.27. The molecule has 2 aliphatic rings. The highest BCUT2D eigenvalue weighted by molar-refractivity contribution is 6.05. The van der Waals surface area contributed by atoms with Crippen LogP contribution in [0.2, 0.25) is 0 Å². The molecule has 2 aliphatic heterocycles. The number of anilines is 2. The summed E-state index contributed by atoms with van der Waals surface area (Å²) in [7, 11) is 0. The molecule has 3 heterocycles. The van der Waals surface area contributed by atoms with E-state index in [0.29, 0.717) is 36.8 Å². The second-order valence-corrected chi connectivity index (χ2v) is 6.88. The third kappa shape index (κ3) is 3.95. The third-order valence-corrected chi connectivity index (χ3v) is 5.11. The summed E-state index contributed by atoms with van der Waals surface area (Å²) in [4.78, 5) is 19.4. The first-order chi connectivity index (χ1) is 13.7. The van der Waals surface area contributed by atoms with Gasteiger partial charge in [0.15, 0.2) is 5.79 Å². The first-order valence-corrected chi connectivity index (χ1v) is 9.71. The van der Waals surface area contributed by atoms with Crippen molar-refractivity contribution in [2.75, 3.05) is 43.1 Å². The smallest absolute Gasteiger partial charge is 0.255 e. The molecule has 2 fully saturated rings. The number of para-hydroxylation sites is 2. The molecule has 0 aliphatic carbocycles. The first-order valence-electron chi connectivity index (χ1n) is 9.71. The van der Waals surface area contributed by atoms with Gasteiger partial charge in [0.1, 0.15) is 11.6 Å². The van der Waals surface area contributed by atoms with Crippen LogP contribution in [0.5, 0.6) is 5.75 Å². The summed E-state index contributed by atoms with van der Waals surface area (Å²) < 4.78 is 17.1. The van der Waals surface area contributed by atoms with E-state index in [0.717, 1.165) is 31.7 Å². The molecule has 1 spiro atoms. The van der Waals surface area contributed by atoms with Crippen LogP contribution in [0.3, 0.4) is 0 Å². The number of benzene rings is 1. The lowest BCUT2D eigenvalue weighted by molar-refractivity contribution is -0.169. The molecule has 4 rings (SSSR count). The van der Waals surface area contributed by atoms with Crippen molar-refractivity contribution in [2.24, 2.45) is 0 Å². The van der Waals surface area contributed by atoms with Gasteiger partial charge in [-0.05, 0) is 31.2 Å². The summed E-state index contributed by atoms with van der Waals surface area (Å²) in [5, 5.41) is 2.93. The number of piperidine rings is 1. The topological polar surface area (TPSA) is 72.9 Å². The molecule has 0 saturated carbocycles. The van der Waals surface area contributed by atoms with Crippen molar-refractivity contribution in [3.05, 3.63) is 48.2 Å². The Bertz CT molecular complexity index is 826. The van der Waals surface area contributed by atoms with E-state index in [2.05, 4.69) is 15.2 Å². The molecule has 1 N–H and O–H groups in total. The minimum absolute atomic E-state index is 0.188. The molecule has 28 heavy (non-hydrogen) atoms. The fourth-order valence-electron chi connectivity index (χ4n) is 3.64. The molecular formula is C21H25N3O4. The Morgan fingerprint density at radius 3 is 2.71 bits per heavy atom. The van der Waals surface area contributed by atoms with Crippen LogP contribution in [-0.4, -0.2) is 49.6 Å². The number of aromatic nitrogens is 1. The van der Waals surface area contributed by atoms with Gasteiger partial charge in [0.25, 0.3) is 5.91 Å². The number of carbonyl (C=O) groups is 1. The van der Waals surface area contributed by atoms with Crippen LogP contribution >= 0.6 is 0 Å². The van der Waals surface area contributed by atoms with E-state index in [1.54, 1.807) is 12.3 Å². The summed E-state index contributed by atoms with van der Waals surface area (Å²) in [6.45, 7) is 5.35. The zero-order valence-corrected chi connectivity index (χ0v) is 16.0. The zero-order valence-electron chi connectivity index (χ0n) is 16.0. The van der Waals surface area contributed by atoms with Gasteiger partial charge in [-0.1, -0.05) is 12.1 Å². The molecule has 1 aromatic carbocycles. The van der Waals surface area contributed by atoms with Crippen LogP contribution in [0.4, 0.5) is 11.5 Å². The van der Waals surface area contributed by atoms with Gasteiger partial charge in [-0.2, -0.15) is 0 Å². The van der Waals surface area contributed by atoms with Crippen molar-refractivity contribution in [3.63, 3.8) is 0 Å². The maximum atomic E-state index is 12.8. The lowest BCUT2D eigenvalue weighted by Crippen LogP contribution is -2.45. The van der Waals surface area contributed by atoms with Crippen LogP contribution < -0.4 is 15.0 Å². The molecule has 7 heteroatoms. The maximum Gasteiger partial charge on any atom is 0.255 e. The summed E-state index contributed by atoms with van der Waals surface area (Å²) in [5.74, 6) is 0.838. The minimum Gasteiger partial charge on any atom is -0.492 e. The van der Waals surface area contributed by atoms with Crippen molar-refractivity contribution in [1.82, 2.24) is 4.98 Å². The maximum absolute atomic E-state index is 12.8. The molecular weight excluding hydrogens is 358 g/mol. The van der Waals surface area contributed by atoms with Crippen molar-refractivity contribution < 1.29 is 19.0 Å². The largest absolute Gasteiger partial charge is 0.492 e. The lowest BCUT2D eigenvalue weighted by atomic mass is 10.0. The van der Waals surface area contributed by atoms with Gasteiger partial charge >= 0.3 is 0 Å². The lowest BCUT2D eigenvalue weighted by Gasteiger charge is -2.38. The van der Waals surface area contributed by atoms with Gasteiger partial charge in [0.2, 0.25) is 0 Å². The number of carbonyl (C=O) groups excluding carboxylic acids is 1. The monoisotopic (exact) mass is 383 g/mol. The highest BCUT2D eigenvalue weighted by Gasteiger charge is 2.40. The van der Waals surface area contributed by atoms with Crippen LogP contribution in [0.1, 0.15) is 30.1 Å². The second-order valence-electron chi connectivity index (χ2n) is 6.88. The number of rotatable bonds is 5. The standard InChI is InChI=1S/C21H25N3O4/c1-2-26-18-6-4-3-5-17(18)23-20(25)16-7-10-22-19(15-16)24-11-8-21(9-12-24)27-13-14-28-21/h3-7,10,15H,2,8-9,11-14H2,1H3,(H,23,25). The number of pyridine rings is 1. The normalized spacial score (nSPS) is 18.2. The minimum atomic E-state index is -0.422. The number of hydrogen-bond donors (Lipinski definition) is 1. The number of nitrogens with one attached hydrogen (secondary N) is 1. The fourth-order valence-corrected chi connectivity index (χ4v) is 3.64. The summed E-state index contributed by atoms with van der Waals surface area (Å²) in [5.41, 5.74) is 1.22. The van der Waals surface area contributed by atoms with Crippen molar-refractivity contribution in [1.29, 1.82) is 0 Å². The number of hydrogen-bond acceptors (Lipinski definition) is 6. The van der Waals surface area contributed by atoms with E-state index < -0.39 is 5.79 Å². The molecule has 0 atom stereocenters. The molecule has 0 bridgehead atoms. The summed E-state index contributed by atoms with van der Waals surface area (Å²) >= 11 is 0. The van der Waals surface area contributed by atoms with E-state index in [4.69, 9.17) is 14.2 Å². The van der Waals surface area contributed by atoms with Crippen LogP contribution in [0.25, 0.3) is 0 Å². The quantitative estimate of drug-likeness (QED) is 0.855. The Balaban J connectivity index is 1.44. The highest BCUT2D eigenvalue weighted by Crippen LogP contribution is 2.33. The van der Waals surface area contributed by atoms with Gasteiger partial charge in [0.05, 0.1) is 25.5 Å². The van der Waals surface area contributed by atoms with Gasteiger partial charge < -0.3 is 24.4 Å². The number of ether oxygens (including phenoxy) is 3. The molecule has 2 saturated heterocycles. The molecule has 1 amide bonds. The van der Waals surface area contributed by atoms with Gasteiger partial charge in [-0.3, -0.25) is 4.79 Å². The summed E-state index contributed by atoms with van der Waals surface area (Å²) in [6, 6.07) is 11.0. The van der Waals surface area contributed by atoms with E-state index in [1.807, 2.05) is 37.3 Å². The van der Waals surface area contributed by atoms with Crippen LogP contribution in [0, 0.1) is 0 Å². The molecule has 2 aromatic rings. The fraction of sp³-hybridized carbons (Fsp3) is 0.429. The van der Waals surface area contributed by atoms with Crippen molar-refractivity contribution in [2.45, 2.75) is 25.6 Å². The first kappa shape index (κ1) is 18.7. The second kappa shape index (κ2) is 8.16. The van der Waals surface area contributed by atoms with Crippen molar-refractivity contribution >= 4 is 17.4 Å². The molecule has 0 unspecified atom stereocenters. The molecule has 1 aromatic heterocycles. The Morgan fingerprint density at radius 2 is 1.96 bits per heavy atom. The van der Waals surface area contributed by atoms with E-state index in [9.17, 15) is 4.79 Å². The van der Waals surface area contributed by atoms with E-state index >= 15 is 0 Å². The highest BCUT2D eigenvalue weighted by atomic mass is 16.7. The number of nitrogens with zero attached hydrogens (tertiary/aromatic N) is 2. The number of amides is 1. The Hall–Kier alpha value is -2.64. The predicted molar refractivity (Wildman–Crippen MR) is 106 cm³/mol. The Kier molecular flexibility index (Phi) is 5.45. The zero-order chi connectivity index (χ0) is 19.4. The van der Waals surface area contributed by atoms with Gasteiger partial charge in [-0.25, -0.2) is 4.98 Å². The van der Waals surface area contributed by atoms with Crippen LogP contribution in [0.15, 0.2) is 42.6 Å². The third-order valence-electron chi connectivity index (χ3n) is 5.11.